The van der Waals surface area contributed by atoms with Crippen LogP contribution in [-0.2, 0) is 11.3 Å². The van der Waals surface area contributed by atoms with Crippen LogP contribution in [0.5, 0.6) is 5.88 Å². The Hall–Kier alpha value is -3.40. The van der Waals surface area contributed by atoms with E-state index in [2.05, 4.69) is 71.1 Å². The first-order valence-electron chi connectivity index (χ1n) is 8.92. The van der Waals surface area contributed by atoms with Crippen molar-refractivity contribution >= 4 is 17.2 Å². The fraction of sp³-hybridized carbons (Fsp3) is 0.130. The smallest absolute Gasteiger partial charge is 0.223 e. The standard InChI is InChI=1S/C23H20N2O2/c1-17-15-21-22(11-12-24-23(21)27-14-13-26)25(17)16-19-9-5-6-10-20(19)18-7-3-2-4-8-18/h2-13,15H,14,16H2,1H3. The minimum atomic E-state index is 0.00712. The second kappa shape index (κ2) is 7.46. The number of aromatic nitrogens is 2. The summed E-state index contributed by atoms with van der Waals surface area (Å²) in [4.78, 5) is 14.9. The molecule has 0 radical (unpaired) electrons. The highest BCUT2D eigenvalue weighted by Gasteiger charge is 2.13. The molecular formula is C23H20N2O2. The molecule has 4 aromatic rings. The summed E-state index contributed by atoms with van der Waals surface area (Å²) >= 11 is 0. The number of rotatable bonds is 6. The molecule has 0 saturated heterocycles. The molecule has 0 saturated carbocycles. The van der Waals surface area contributed by atoms with Crippen LogP contribution < -0.4 is 4.74 Å². The van der Waals surface area contributed by atoms with Gasteiger partial charge >= 0.3 is 0 Å². The van der Waals surface area contributed by atoms with Gasteiger partial charge in [-0.25, -0.2) is 4.98 Å². The Bertz CT molecular complexity index is 1080. The molecule has 2 heterocycles. The number of hydrogen-bond acceptors (Lipinski definition) is 3. The molecule has 0 aliphatic rings. The van der Waals surface area contributed by atoms with E-state index in [4.69, 9.17) is 4.74 Å². The van der Waals surface area contributed by atoms with E-state index in [0.29, 0.717) is 5.88 Å². The van der Waals surface area contributed by atoms with Crippen LogP contribution in [0.3, 0.4) is 0 Å². The highest BCUT2D eigenvalue weighted by Crippen LogP contribution is 2.30. The first-order valence-corrected chi connectivity index (χ1v) is 8.92. The van der Waals surface area contributed by atoms with Crippen LogP contribution in [0.4, 0.5) is 0 Å². The molecule has 0 bridgehead atoms. The summed E-state index contributed by atoms with van der Waals surface area (Å²) in [6.07, 6.45) is 2.46. The lowest BCUT2D eigenvalue weighted by Crippen LogP contribution is -2.04. The zero-order valence-corrected chi connectivity index (χ0v) is 15.1. The lowest BCUT2D eigenvalue weighted by Gasteiger charge is -2.13. The SMILES string of the molecule is Cc1cc2c(OCC=O)nccc2n1Cc1ccccc1-c1ccccc1. The van der Waals surface area contributed by atoms with Gasteiger partial charge in [-0.3, -0.25) is 4.79 Å². The molecule has 0 fully saturated rings. The van der Waals surface area contributed by atoms with Crippen LogP contribution in [0.1, 0.15) is 11.3 Å². The predicted octanol–water partition coefficient (Wildman–Crippen LogP) is 4.64. The summed E-state index contributed by atoms with van der Waals surface area (Å²) < 4.78 is 7.74. The lowest BCUT2D eigenvalue weighted by atomic mass is 9.99. The minimum absolute atomic E-state index is 0.00712. The highest BCUT2D eigenvalue weighted by atomic mass is 16.5. The van der Waals surface area contributed by atoms with Gasteiger partial charge in [0.1, 0.15) is 6.61 Å². The first kappa shape index (κ1) is 17.0. The van der Waals surface area contributed by atoms with Crippen molar-refractivity contribution in [3.8, 4) is 17.0 Å². The Kier molecular flexibility index (Phi) is 4.71. The third-order valence-corrected chi connectivity index (χ3v) is 4.72. The summed E-state index contributed by atoms with van der Waals surface area (Å²) in [5, 5.41) is 0.925. The number of fused-ring (bicyclic) bond motifs is 1. The predicted molar refractivity (Wildman–Crippen MR) is 107 cm³/mol. The maximum atomic E-state index is 10.6. The van der Waals surface area contributed by atoms with Crippen LogP contribution in [0.15, 0.2) is 72.9 Å². The molecule has 2 aromatic carbocycles. The van der Waals surface area contributed by atoms with Crippen molar-refractivity contribution in [2.75, 3.05) is 6.61 Å². The Morgan fingerprint density at radius 1 is 1.04 bits per heavy atom. The van der Waals surface area contributed by atoms with Crippen molar-refractivity contribution in [3.63, 3.8) is 0 Å². The molecule has 0 spiro atoms. The topological polar surface area (TPSA) is 44.1 Å². The van der Waals surface area contributed by atoms with Gasteiger partial charge in [-0.15, -0.1) is 0 Å². The molecule has 0 unspecified atom stereocenters. The number of aryl methyl sites for hydroxylation is 1. The van der Waals surface area contributed by atoms with Crippen LogP contribution >= 0.6 is 0 Å². The van der Waals surface area contributed by atoms with Crippen LogP contribution in [0, 0.1) is 6.92 Å². The molecule has 4 nitrogen and oxygen atoms in total. The van der Waals surface area contributed by atoms with Gasteiger partial charge in [-0.2, -0.15) is 0 Å². The van der Waals surface area contributed by atoms with Crippen LogP contribution in [0.25, 0.3) is 22.0 Å². The summed E-state index contributed by atoms with van der Waals surface area (Å²) in [6.45, 7) is 2.83. The molecule has 27 heavy (non-hydrogen) atoms. The summed E-state index contributed by atoms with van der Waals surface area (Å²) in [5.41, 5.74) is 5.85. The van der Waals surface area contributed by atoms with Crippen molar-refractivity contribution < 1.29 is 9.53 Å². The third-order valence-electron chi connectivity index (χ3n) is 4.72. The zero-order valence-electron chi connectivity index (χ0n) is 15.1. The Balaban J connectivity index is 1.77. The van der Waals surface area contributed by atoms with Gasteiger partial charge < -0.3 is 9.30 Å². The molecule has 2 aromatic heterocycles. The van der Waals surface area contributed by atoms with Crippen LogP contribution in [-0.4, -0.2) is 22.4 Å². The maximum absolute atomic E-state index is 10.6. The minimum Gasteiger partial charge on any atom is -0.469 e. The van der Waals surface area contributed by atoms with Gasteiger partial charge in [0.2, 0.25) is 5.88 Å². The van der Waals surface area contributed by atoms with E-state index in [9.17, 15) is 4.79 Å². The van der Waals surface area contributed by atoms with Gasteiger partial charge in [0.15, 0.2) is 6.29 Å². The summed E-state index contributed by atoms with van der Waals surface area (Å²) in [5.74, 6) is 0.498. The molecule has 0 aliphatic heterocycles. The number of carbonyl (C=O) groups excluding carboxylic acids is 1. The largest absolute Gasteiger partial charge is 0.469 e. The van der Waals surface area contributed by atoms with E-state index < -0.39 is 0 Å². The van der Waals surface area contributed by atoms with Crippen LogP contribution in [0.2, 0.25) is 0 Å². The molecule has 0 atom stereocenters. The van der Waals surface area contributed by atoms with E-state index in [1.54, 1.807) is 6.20 Å². The monoisotopic (exact) mass is 356 g/mol. The molecule has 0 N–H and O–H groups in total. The quantitative estimate of drug-likeness (QED) is 0.473. The molecule has 4 rings (SSSR count). The highest BCUT2D eigenvalue weighted by molar-refractivity contribution is 5.86. The van der Waals surface area contributed by atoms with E-state index >= 15 is 0 Å². The van der Waals surface area contributed by atoms with Gasteiger partial charge in [0.25, 0.3) is 0 Å². The van der Waals surface area contributed by atoms with Gasteiger partial charge in [-0.1, -0.05) is 54.6 Å². The second-order valence-electron chi connectivity index (χ2n) is 6.42. The molecule has 134 valence electrons. The fourth-order valence-electron chi connectivity index (χ4n) is 3.46. The number of pyridine rings is 1. The Morgan fingerprint density at radius 2 is 1.81 bits per heavy atom. The molecule has 0 aliphatic carbocycles. The van der Waals surface area contributed by atoms with Crippen molar-refractivity contribution in [3.05, 3.63) is 84.2 Å². The fourth-order valence-corrected chi connectivity index (χ4v) is 3.46. The van der Waals surface area contributed by atoms with E-state index in [0.717, 1.165) is 29.4 Å². The number of hydrogen-bond donors (Lipinski definition) is 0. The first-order chi connectivity index (χ1) is 13.3. The number of carbonyl (C=O) groups is 1. The van der Waals surface area contributed by atoms with Crippen molar-refractivity contribution in [2.45, 2.75) is 13.5 Å². The van der Waals surface area contributed by atoms with Gasteiger partial charge in [0, 0.05) is 18.4 Å². The molecule has 0 amide bonds. The number of ether oxygens (including phenoxy) is 1. The molecule has 4 heteroatoms. The lowest BCUT2D eigenvalue weighted by molar-refractivity contribution is -0.109. The van der Waals surface area contributed by atoms with Crippen molar-refractivity contribution in [1.82, 2.24) is 9.55 Å². The summed E-state index contributed by atoms with van der Waals surface area (Å²) in [7, 11) is 0. The maximum Gasteiger partial charge on any atom is 0.223 e. The van der Waals surface area contributed by atoms with E-state index in [-0.39, 0.29) is 6.61 Å². The zero-order chi connectivity index (χ0) is 18.6. The van der Waals surface area contributed by atoms with E-state index in [1.807, 2.05) is 12.1 Å². The molecular weight excluding hydrogens is 336 g/mol. The number of nitrogens with zero attached hydrogens (tertiary/aromatic N) is 2. The summed E-state index contributed by atoms with van der Waals surface area (Å²) in [6, 6.07) is 22.9. The average molecular weight is 356 g/mol. The third kappa shape index (κ3) is 3.34. The van der Waals surface area contributed by atoms with E-state index in [1.165, 1.54) is 16.7 Å². The van der Waals surface area contributed by atoms with Gasteiger partial charge in [0.05, 0.1) is 10.9 Å². The second-order valence-corrected chi connectivity index (χ2v) is 6.42. The van der Waals surface area contributed by atoms with Gasteiger partial charge in [-0.05, 0) is 35.7 Å². The number of benzene rings is 2. The Labute approximate surface area is 158 Å². The Morgan fingerprint density at radius 3 is 2.63 bits per heavy atom. The van der Waals surface area contributed by atoms with Crippen molar-refractivity contribution in [2.24, 2.45) is 0 Å². The number of aldehydes is 1. The average Bonchev–Trinajstić information content (AvgIpc) is 3.03. The van der Waals surface area contributed by atoms with Crippen molar-refractivity contribution in [1.29, 1.82) is 0 Å². The normalized spacial score (nSPS) is 10.9.